The van der Waals surface area contributed by atoms with Crippen LogP contribution in [0.15, 0.2) is 18.2 Å². The number of rotatable bonds is 4. The lowest BCUT2D eigenvalue weighted by molar-refractivity contribution is -0.123. The van der Waals surface area contributed by atoms with Crippen LogP contribution in [-0.2, 0) is 4.79 Å². The molecule has 1 aliphatic rings. The van der Waals surface area contributed by atoms with Gasteiger partial charge in [0.15, 0.2) is 0 Å². The Morgan fingerprint density at radius 1 is 1.50 bits per heavy atom. The largest absolute Gasteiger partial charge is 0.497 e. The molecule has 1 aromatic rings. The van der Waals surface area contributed by atoms with Crippen LogP contribution in [0.5, 0.6) is 5.75 Å². The molecule has 0 saturated carbocycles. The van der Waals surface area contributed by atoms with Crippen molar-refractivity contribution in [3.8, 4) is 5.75 Å². The van der Waals surface area contributed by atoms with E-state index in [2.05, 4.69) is 29.7 Å². The highest BCUT2D eigenvalue weighted by Gasteiger charge is 2.28. The molecule has 1 heterocycles. The number of carbonyl (C=O) groups excluding carboxylic acids is 1. The lowest BCUT2D eigenvalue weighted by atomic mass is 9.84. The molecule has 1 aromatic carbocycles. The molecule has 4 heteroatoms. The van der Waals surface area contributed by atoms with Crippen LogP contribution < -0.4 is 15.4 Å². The highest BCUT2D eigenvalue weighted by Crippen LogP contribution is 2.31. The molecule has 0 bridgehead atoms. The molecule has 0 aliphatic carbocycles. The zero-order valence-corrected chi connectivity index (χ0v) is 12.5. The number of likely N-dealkylation sites (N-methyl/N-ethyl adjacent to an activating group) is 1. The van der Waals surface area contributed by atoms with E-state index in [9.17, 15) is 4.79 Å². The average Bonchev–Trinajstić information content (AvgIpc) is 2.47. The van der Waals surface area contributed by atoms with Crippen LogP contribution in [0.25, 0.3) is 0 Å². The fraction of sp³-hybridized carbons (Fsp3) is 0.562. The van der Waals surface area contributed by atoms with Gasteiger partial charge < -0.3 is 15.4 Å². The second kappa shape index (κ2) is 6.75. The zero-order chi connectivity index (χ0) is 14.5. The molecule has 2 rings (SSSR count). The summed E-state index contributed by atoms with van der Waals surface area (Å²) in [5.41, 5.74) is 2.58. The molecule has 1 amide bonds. The Labute approximate surface area is 120 Å². The second-order valence-electron chi connectivity index (χ2n) is 5.35. The number of benzene rings is 1. The lowest BCUT2D eigenvalue weighted by Crippen LogP contribution is -2.48. The molecule has 4 nitrogen and oxygen atoms in total. The number of methoxy groups -OCH3 is 1. The minimum Gasteiger partial charge on any atom is -0.497 e. The van der Waals surface area contributed by atoms with Gasteiger partial charge >= 0.3 is 0 Å². The minimum absolute atomic E-state index is 0.0739. The highest BCUT2D eigenvalue weighted by molar-refractivity contribution is 5.81. The number of hydrogen-bond acceptors (Lipinski definition) is 3. The first-order valence-electron chi connectivity index (χ1n) is 7.31. The van der Waals surface area contributed by atoms with Crippen molar-refractivity contribution in [2.45, 2.75) is 38.6 Å². The van der Waals surface area contributed by atoms with E-state index in [1.807, 2.05) is 13.0 Å². The number of aryl methyl sites for hydroxylation is 1. The van der Waals surface area contributed by atoms with Crippen molar-refractivity contribution >= 4 is 5.91 Å². The summed E-state index contributed by atoms with van der Waals surface area (Å²) in [5.74, 6) is 1.44. The SMILES string of the molecule is CCNC(=O)C1CC(c2ccc(OC)cc2C)CCN1. The predicted molar refractivity (Wildman–Crippen MR) is 80.2 cm³/mol. The molecule has 1 fully saturated rings. The summed E-state index contributed by atoms with van der Waals surface area (Å²) >= 11 is 0. The fourth-order valence-electron chi connectivity index (χ4n) is 2.93. The van der Waals surface area contributed by atoms with Gasteiger partial charge in [-0.1, -0.05) is 6.07 Å². The van der Waals surface area contributed by atoms with Crippen LogP contribution in [-0.4, -0.2) is 32.1 Å². The molecule has 2 atom stereocenters. The maximum atomic E-state index is 12.0. The summed E-state index contributed by atoms with van der Waals surface area (Å²) in [6, 6.07) is 6.14. The third-order valence-corrected chi connectivity index (χ3v) is 3.99. The van der Waals surface area contributed by atoms with Crippen LogP contribution in [0.2, 0.25) is 0 Å². The fourth-order valence-corrected chi connectivity index (χ4v) is 2.93. The summed E-state index contributed by atoms with van der Waals surface area (Å²) in [6.45, 7) is 5.63. The Bertz CT molecular complexity index is 474. The topological polar surface area (TPSA) is 50.4 Å². The molecule has 20 heavy (non-hydrogen) atoms. The van der Waals surface area contributed by atoms with Crippen molar-refractivity contribution in [3.05, 3.63) is 29.3 Å². The van der Waals surface area contributed by atoms with Crippen LogP contribution in [0.1, 0.15) is 36.8 Å². The average molecular weight is 276 g/mol. The van der Waals surface area contributed by atoms with Gasteiger partial charge in [0, 0.05) is 6.54 Å². The zero-order valence-electron chi connectivity index (χ0n) is 12.5. The Morgan fingerprint density at radius 2 is 2.30 bits per heavy atom. The van der Waals surface area contributed by atoms with Crippen molar-refractivity contribution in [3.63, 3.8) is 0 Å². The number of ether oxygens (including phenoxy) is 1. The van der Waals surface area contributed by atoms with Crippen LogP contribution in [0, 0.1) is 6.92 Å². The molecular weight excluding hydrogens is 252 g/mol. The summed E-state index contributed by atoms with van der Waals surface area (Å²) < 4.78 is 5.25. The van der Waals surface area contributed by atoms with Crippen molar-refractivity contribution < 1.29 is 9.53 Å². The summed E-state index contributed by atoms with van der Waals surface area (Å²) in [6.07, 6.45) is 1.93. The van der Waals surface area contributed by atoms with E-state index < -0.39 is 0 Å². The molecule has 2 N–H and O–H groups in total. The third kappa shape index (κ3) is 3.31. The summed E-state index contributed by atoms with van der Waals surface area (Å²) in [4.78, 5) is 12.0. The third-order valence-electron chi connectivity index (χ3n) is 3.99. The number of carbonyl (C=O) groups is 1. The smallest absolute Gasteiger partial charge is 0.237 e. The van der Waals surface area contributed by atoms with Crippen LogP contribution >= 0.6 is 0 Å². The van der Waals surface area contributed by atoms with Gasteiger partial charge in [-0.2, -0.15) is 0 Å². The van der Waals surface area contributed by atoms with Gasteiger partial charge in [0.25, 0.3) is 0 Å². The number of amides is 1. The quantitative estimate of drug-likeness (QED) is 0.884. The first-order valence-corrected chi connectivity index (χ1v) is 7.31. The molecule has 1 aliphatic heterocycles. The van der Waals surface area contributed by atoms with Crippen molar-refractivity contribution in [2.75, 3.05) is 20.2 Å². The van der Waals surface area contributed by atoms with E-state index in [-0.39, 0.29) is 11.9 Å². The summed E-state index contributed by atoms with van der Waals surface area (Å²) in [7, 11) is 1.68. The van der Waals surface area contributed by atoms with Gasteiger partial charge in [-0.15, -0.1) is 0 Å². The highest BCUT2D eigenvalue weighted by atomic mass is 16.5. The van der Waals surface area contributed by atoms with E-state index in [4.69, 9.17) is 4.74 Å². The monoisotopic (exact) mass is 276 g/mol. The van der Waals surface area contributed by atoms with Crippen molar-refractivity contribution in [1.29, 1.82) is 0 Å². The van der Waals surface area contributed by atoms with Gasteiger partial charge in [-0.05, 0) is 62.4 Å². The molecule has 0 aromatic heterocycles. The van der Waals surface area contributed by atoms with E-state index in [1.165, 1.54) is 11.1 Å². The molecular formula is C16H24N2O2. The van der Waals surface area contributed by atoms with Gasteiger partial charge in [0.05, 0.1) is 13.2 Å². The van der Waals surface area contributed by atoms with Gasteiger partial charge in [-0.3, -0.25) is 4.79 Å². The molecule has 0 spiro atoms. The molecule has 0 radical (unpaired) electrons. The predicted octanol–water partition coefficient (Wildman–Crippen LogP) is 1.98. The maximum Gasteiger partial charge on any atom is 0.237 e. The maximum absolute atomic E-state index is 12.0. The van der Waals surface area contributed by atoms with E-state index in [0.717, 1.165) is 25.1 Å². The Hall–Kier alpha value is -1.55. The van der Waals surface area contributed by atoms with E-state index in [1.54, 1.807) is 7.11 Å². The summed E-state index contributed by atoms with van der Waals surface area (Å²) in [5, 5.41) is 6.21. The first-order chi connectivity index (χ1) is 9.65. The van der Waals surface area contributed by atoms with Gasteiger partial charge in [0.1, 0.15) is 5.75 Å². The van der Waals surface area contributed by atoms with Crippen LogP contribution in [0.4, 0.5) is 0 Å². The normalized spacial score (nSPS) is 22.4. The van der Waals surface area contributed by atoms with Crippen LogP contribution in [0.3, 0.4) is 0 Å². The Kier molecular flexibility index (Phi) is 5.01. The number of piperidine rings is 1. The van der Waals surface area contributed by atoms with Gasteiger partial charge in [0.2, 0.25) is 5.91 Å². The van der Waals surface area contributed by atoms with Crippen molar-refractivity contribution in [1.82, 2.24) is 10.6 Å². The Morgan fingerprint density at radius 3 is 2.95 bits per heavy atom. The number of nitrogens with one attached hydrogen (secondary N) is 2. The van der Waals surface area contributed by atoms with E-state index in [0.29, 0.717) is 12.5 Å². The van der Waals surface area contributed by atoms with E-state index >= 15 is 0 Å². The second-order valence-corrected chi connectivity index (χ2v) is 5.35. The molecule has 2 unspecified atom stereocenters. The molecule has 110 valence electrons. The van der Waals surface area contributed by atoms with Gasteiger partial charge in [-0.25, -0.2) is 0 Å². The number of hydrogen-bond donors (Lipinski definition) is 2. The minimum atomic E-state index is -0.0739. The lowest BCUT2D eigenvalue weighted by Gasteiger charge is -2.30. The standard InChI is InChI=1S/C16H24N2O2/c1-4-17-16(19)15-10-12(7-8-18-15)14-6-5-13(20-3)9-11(14)2/h5-6,9,12,15,18H,4,7-8,10H2,1-3H3,(H,17,19). The Balaban J connectivity index is 2.10. The molecule has 1 saturated heterocycles. The van der Waals surface area contributed by atoms with Crippen molar-refractivity contribution in [2.24, 2.45) is 0 Å². The first kappa shape index (κ1) is 14.9.